The lowest BCUT2D eigenvalue weighted by Gasteiger charge is -2.21. The molecule has 0 fully saturated rings. The zero-order valence-electron chi connectivity index (χ0n) is 16.3. The average Bonchev–Trinajstić information content (AvgIpc) is 2.59. The van der Waals surface area contributed by atoms with Gasteiger partial charge in [-0.25, -0.2) is 4.79 Å². The lowest BCUT2D eigenvalue weighted by atomic mass is 9.87. The monoisotopic (exact) mass is 371 g/mol. The number of aryl methyl sites for hydroxylation is 1. The van der Waals surface area contributed by atoms with Crippen LogP contribution in [0.5, 0.6) is 11.5 Å². The van der Waals surface area contributed by atoms with Crippen LogP contribution in [0.1, 0.15) is 42.3 Å². The summed E-state index contributed by atoms with van der Waals surface area (Å²) < 4.78 is 10.3. The maximum Gasteiger partial charge on any atom is 0.342 e. The first-order valence-corrected chi connectivity index (χ1v) is 8.57. The second-order valence-electron chi connectivity index (χ2n) is 7.31. The Bertz CT molecular complexity index is 852. The summed E-state index contributed by atoms with van der Waals surface area (Å²) in [5.41, 5.74) is 2.26. The average molecular weight is 371 g/mol. The van der Waals surface area contributed by atoms with E-state index in [0.29, 0.717) is 11.4 Å². The van der Waals surface area contributed by atoms with Crippen LogP contribution >= 0.6 is 0 Å². The number of phenols is 1. The molecule has 0 bridgehead atoms. The summed E-state index contributed by atoms with van der Waals surface area (Å²) in [4.78, 5) is 24.3. The molecule has 0 heterocycles. The molecule has 0 saturated heterocycles. The Morgan fingerprint density at radius 3 is 2.41 bits per heavy atom. The van der Waals surface area contributed by atoms with Gasteiger partial charge in [-0.05, 0) is 47.7 Å². The van der Waals surface area contributed by atoms with Crippen LogP contribution in [0, 0.1) is 6.92 Å². The lowest BCUT2D eigenvalue weighted by Crippen LogP contribution is -2.22. The van der Waals surface area contributed by atoms with Crippen LogP contribution in [0.3, 0.4) is 0 Å². The Hall–Kier alpha value is -3.02. The van der Waals surface area contributed by atoms with Crippen molar-refractivity contribution in [1.29, 1.82) is 0 Å². The smallest absolute Gasteiger partial charge is 0.342 e. The quantitative estimate of drug-likeness (QED) is 0.781. The van der Waals surface area contributed by atoms with Crippen molar-refractivity contribution in [1.82, 2.24) is 0 Å². The number of carbonyl (C=O) groups is 2. The van der Waals surface area contributed by atoms with E-state index in [2.05, 4.69) is 26.1 Å². The standard InChI is InChI=1S/C21H25NO5/c1-13-6-8-15(17(23)10-13)20(25)27-12-19(24)22-16-11-14(21(2,3)4)7-9-18(16)26-5/h6-11,23H,12H2,1-5H3,(H,22,24). The van der Waals surface area contributed by atoms with Gasteiger partial charge in [0.15, 0.2) is 6.61 Å². The number of aromatic hydroxyl groups is 1. The molecule has 27 heavy (non-hydrogen) atoms. The molecule has 6 heteroatoms. The van der Waals surface area contributed by atoms with E-state index in [9.17, 15) is 14.7 Å². The van der Waals surface area contributed by atoms with Gasteiger partial charge in [-0.2, -0.15) is 0 Å². The van der Waals surface area contributed by atoms with E-state index in [1.807, 2.05) is 12.1 Å². The molecule has 0 saturated carbocycles. The van der Waals surface area contributed by atoms with Crippen molar-refractivity contribution in [3.05, 3.63) is 53.1 Å². The van der Waals surface area contributed by atoms with Gasteiger partial charge in [0.1, 0.15) is 17.1 Å². The van der Waals surface area contributed by atoms with Crippen molar-refractivity contribution in [2.45, 2.75) is 33.1 Å². The number of phenolic OH excluding ortho intramolecular Hbond substituents is 1. The molecule has 0 aliphatic heterocycles. The molecule has 2 aromatic carbocycles. The van der Waals surface area contributed by atoms with Crippen molar-refractivity contribution < 1.29 is 24.2 Å². The van der Waals surface area contributed by atoms with Gasteiger partial charge in [0, 0.05) is 0 Å². The van der Waals surface area contributed by atoms with Crippen molar-refractivity contribution in [2.75, 3.05) is 19.0 Å². The van der Waals surface area contributed by atoms with Crippen LogP contribution in [0.4, 0.5) is 5.69 Å². The van der Waals surface area contributed by atoms with Gasteiger partial charge in [-0.1, -0.05) is 32.9 Å². The van der Waals surface area contributed by atoms with E-state index in [4.69, 9.17) is 9.47 Å². The van der Waals surface area contributed by atoms with Gasteiger partial charge in [0.05, 0.1) is 12.8 Å². The number of anilines is 1. The minimum atomic E-state index is -0.766. The van der Waals surface area contributed by atoms with E-state index in [1.54, 1.807) is 19.1 Å². The number of esters is 1. The van der Waals surface area contributed by atoms with Crippen molar-refractivity contribution in [3.63, 3.8) is 0 Å². The van der Waals surface area contributed by atoms with Crippen LogP contribution in [-0.2, 0) is 14.9 Å². The van der Waals surface area contributed by atoms with Gasteiger partial charge < -0.3 is 19.9 Å². The Balaban J connectivity index is 2.06. The largest absolute Gasteiger partial charge is 0.507 e. The predicted molar refractivity (Wildman–Crippen MR) is 103 cm³/mol. The Kier molecular flexibility index (Phi) is 6.10. The second kappa shape index (κ2) is 8.12. The first kappa shape index (κ1) is 20.3. The SMILES string of the molecule is COc1ccc(C(C)(C)C)cc1NC(=O)COC(=O)c1ccc(C)cc1O. The third-order valence-corrected chi connectivity index (χ3v) is 4.05. The van der Waals surface area contributed by atoms with Gasteiger partial charge in [-0.15, -0.1) is 0 Å². The van der Waals surface area contributed by atoms with Crippen LogP contribution in [-0.4, -0.2) is 30.7 Å². The fraction of sp³-hybridized carbons (Fsp3) is 0.333. The molecule has 2 N–H and O–H groups in total. The fourth-order valence-electron chi connectivity index (χ4n) is 2.48. The van der Waals surface area contributed by atoms with E-state index in [-0.39, 0.29) is 16.7 Å². The Morgan fingerprint density at radius 1 is 1.11 bits per heavy atom. The number of amides is 1. The van der Waals surface area contributed by atoms with E-state index >= 15 is 0 Å². The highest BCUT2D eigenvalue weighted by molar-refractivity contribution is 5.97. The third kappa shape index (κ3) is 5.23. The molecule has 144 valence electrons. The highest BCUT2D eigenvalue weighted by Crippen LogP contribution is 2.31. The number of rotatable bonds is 5. The minimum Gasteiger partial charge on any atom is -0.507 e. The Morgan fingerprint density at radius 2 is 1.81 bits per heavy atom. The summed E-state index contributed by atoms with van der Waals surface area (Å²) >= 11 is 0. The number of hydrogen-bond donors (Lipinski definition) is 2. The summed E-state index contributed by atoms with van der Waals surface area (Å²) in [7, 11) is 1.52. The maximum absolute atomic E-state index is 12.2. The highest BCUT2D eigenvalue weighted by Gasteiger charge is 2.18. The molecule has 0 aliphatic rings. The molecule has 0 aromatic heterocycles. The predicted octanol–water partition coefficient (Wildman–Crippen LogP) is 3.80. The van der Waals surface area contributed by atoms with Gasteiger partial charge in [0.25, 0.3) is 5.91 Å². The maximum atomic E-state index is 12.2. The van der Waals surface area contributed by atoms with Crippen LogP contribution in [0.2, 0.25) is 0 Å². The van der Waals surface area contributed by atoms with Crippen LogP contribution in [0.25, 0.3) is 0 Å². The van der Waals surface area contributed by atoms with Gasteiger partial charge in [0.2, 0.25) is 0 Å². The van der Waals surface area contributed by atoms with Crippen molar-refractivity contribution in [2.24, 2.45) is 0 Å². The number of hydrogen-bond acceptors (Lipinski definition) is 5. The second-order valence-corrected chi connectivity index (χ2v) is 7.31. The van der Waals surface area contributed by atoms with Crippen LogP contribution < -0.4 is 10.1 Å². The first-order chi connectivity index (χ1) is 12.6. The molecule has 0 radical (unpaired) electrons. The first-order valence-electron chi connectivity index (χ1n) is 8.57. The number of carbonyl (C=O) groups excluding carboxylic acids is 2. The zero-order chi connectivity index (χ0) is 20.2. The summed E-state index contributed by atoms with van der Waals surface area (Å²) in [5, 5.41) is 12.5. The number of methoxy groups -OCH3 is 1. The van der Waals surface area contributed by atoms with Crippen molar-refractivity contribution in [3.8, 4) is 11.5 Å². The molecule has 0 aliphatic carbocycles. The topological polar surface area (TPSA) is 84.9 Å². The summed E-state index contributed by atoms with van der Waals surface area (Å²) in [6, 6.07) is 10.2. The zero-order valence-corrected chi connectivity index (χ0v) is 16.3. The van der Waals surface area contributed by atoms with E-state index in [0.717, 1.165) is 11.1 Å². The normalized spacial score (nSPS) is 11.0. The third-order valence-electron chi connectivity index (χ3n) is 4.05. The number of ether oxygens (including phenoxy) is 2. The molecule has 2 rings (SSSR count). The Labute approximate surface area is 159 Å². The van der Waals surface area contributed by atoms with E-state index < -0.39 is 18.5 Å². The molecular formula is C21H25NO5. The molecule has 0 unspecified atom stereocenters. The van der Waals surface area contributed by atoms with Gasteiger partial charge in [-0.3, -0.25) is 4.79 Å². The molecule has 0 atom stereocenters. The lowest BCUT2D eigenvalue weighted by molar-refractivity contribution is -0.119. The minimum absolute atomic E-state index is 0.0145. The summed E-state index contributed by atoms with van der Waals surface area (Å²) in [6.45, 7) is 7.51. The molecule has 2 aromatic rings. The molecular weight excluding hydrogens is 346 g/mol. The molecule has 1 amide bonds. The van der Waals surface area contributed by atoms with Gasteiger partial charge >= 0.3 is 5.97 Å². The van der Waals surface area contributed by atoms with Crippen molar-refractivity contribution >= 4 is 17.6 Å². The summed E-state index contributed by atoms with van der Waals surface area (Å²) in [6.07, 6.45) is 0. The molecule has 6 nitrogen and oxygen atoms in total. The fourth-order valence-corrected chi connectivity index (χ4v) is 2.48. The van der Waals surface area contributed by atoms with Crippen LogP contribution in [0.15, 0.2) is 36.4 Å². The summed E-state index contributed by atoms with van der Waals surface area (Å²) in [5.74, 6) is -0.934. The number of benzene rings is 2. The van der Waals surface area contributed by atoms with E-state index in [1.165, 1.54) is 19.2 Å². The highest BCUT2D eigenvalue weighted by atomic mass is 16.5. The molecule has 0 spiro atoms. The number of nitrogens with one attached hydrogen (secondary N) is 1.